The van der Waals surface area contributed by atoms with Crippen molar-refractivity contribution in [1.29, 1.82) is 0 Å². The number of nitrogen functional groups attached to an aromatic ring is 1. The first-order chi connectivity index (χ1) is 14.8. The Morgan fingerprint density at radius 2 is 1.68 bits per heavy atom. The van der Waals surface area contributed by atoms with Crippen LogP contribution in [0.4, 0.5) is 11.5 Å². The van der Waals surface area contributed by atoms with Crippen molar-refractivity contribution in [2.45, 2.75) is 53.2 Å². The topological polar surface area (TPSA) is 128 Å². The number of nitrogens with zero attached hydrogens (tertiary/aromatic N) is 4. The van der Waals surface area contributed by atoms with Gasteiger partial charge in [-0.2, -0.15) is 0 Å². The zero-order valence-electron chi connectivity index (χ0n) is 18.1. The highest BCUT2D eigenvalue weighted by molar-refractivity contribution is 5.96. The number of amides is 1. The summed E-state index contributed by atoms with van der Waals surface area (Å²) in [6.45, 7) is 6.23. The molecule has 0 aliphatic carbocycles. The molecule has 1 amide bonds. The minimum absolute atomic E-state index is 0.0549. The van der Waals surface area contributed by atoms with Gasteiger partial charge < -0.3 is 10.6 Å². The maximum absolute atomic E-state index is 13.2. The molecular weight excluding hydrogens is 400 g/mol. The van der Waals surface area contributed by atoms with Gasteiger partial charge in [-0.15, -0.1) is 0 Å². The van der Waals surface area contributed by atoms with Crippen molar-refractivity contribution in [2.24, 2.45) is 0 Å². The number of likely N-dealkylation sites (N-methyl/N-ethyl adjacent to an activating group) is 1. The number of H-pyrrole nitrogens is 1. The summed E-state index contributed by atoms with van der Waals surface area (Å²) in [5.41, 5.74) is 5.81. The van der Waals surface area contributed by atoms with E-state index in [9.17, 15) is 19.2 Å². The Labute approximate surface area is 178 Å². The van der Waals surface area contributed by atoms with Crippen molar-refractivity contribution in [2.75, 3.05) is 17.2 Å². The molecule has 0 radical (unpaired) electrons. The van der Waals surface area contributed by atoms with Crippen LogP contribution in [0.25, 0.3) is 11.0 Å². The fourth-order valence-electron chi connectivity index (χ4n) is 3.79. The van der Waals surface area contributed by atoms with E-state index >= 15 is 0 Å². The Bertz CT molecular complexity index is 1280. The largest absolute Gasteiger partial charge is 0.383 e. The second kappa shape index (κ2) is 9.07. The summed E-state index contributed by atoms with van der Waals surface area (Å²) in [5.74, 6) is -0.526. The van der Waals surface area contributed by atoms with Gasteiger partial charge in [0, 0.05) is 19.6 Å². The summed E-state index contributed by atoms with van der Waals surface area (Å²) in [6, 6.07) is 7.23. The third-order valence-corrected chi connectivity index (χ3v) is 5.37. The van der Waals surface area contributed by atoms with Crippen LogP contribution in [-0.2, 0) is 24.4 Å². The summed E-state index contributed by atoms with van der Waals surface area (Å²) in [5, 5.41) is 0. The molecule has 166 valence electrons. The average Bonchev–Trinajstić information content (AvgIpc) is 3.01. The molecular formula is C21H28N6O4. The lowest BCUT2D eigenvalue weighted by Crippen LogP contribution is -2.43. The van der Waals surface area contributed by atoms with E-state index in [1.165, 1.54) is 14.0 Å². The Kier molecular flexibility index (Phi) is 6.47. The number of fused-ring (bicyclic) bond motifs is 1. The van der Waals surface area contributed by atoms with E-state index in [0.29, 0.717) is 25.0 Å². The van der Waals surface area contributed by atoms with Crippen LogP contribution in [0.3, 0.4) is 0 Å². The van der Waals surface area contributed by atoms with Crippen LogP contribution in [0.15, 0.2) is 38.6 Å². The fourth-order valence-corrected chi connectivity index (χ4v) is 3.79. The average molecular weight is 428 g/mol. The molecule has 3 N–H and O–H groups in total. The third-order valence-electron chi connectivity index (χ3n) is 5.37. The lowest BCUT2D eigenvalue weighted by Gasteiger charge is -2.23. The van der Waals surface area contributed by atoms with Crippen LogP contribution in [-0.4, -0.2) is 31.1 Å². The summed E-state index contributed by atoms with van der Waals surface area (Å²) >= 11 is 0. The number of anilines is 2. The van der Waals surface area contributed by atoms with Crippen molar-refractivity contribution in [1.82, 2.24) is 18.7 Å². The molecule has 3 rings (SSSR count). The van der Waals surface area contributed by atoms with Gasteiger partial charge in [0.2, 0.25) is 5.91 Å². The lowest BCUT2D eigenvalue weighted by molar-refractivity contribution is -0.119. The minimum atomic E-state index is -0.728. The molecule has 2 aromatic heterocycles. The highest BCUT2D eigenvalue weighted by Crippen LogP contribution is 2.19. The maximum atomic E-state index is 13.2. The van der Waals surface area contributed by atoms with E-state index in [2.05, 4.69) is 4.98 Å². The number of carbonyl (C=O) groups excluding carboxylic acids is 1. The van der Waals surface area contributed by atoms with Gasteiger partial charge in [-0.3, -0.25) is 28.3 Å². The van der Waals surface area contributed by atoms with E-state index in [4.69, 9.17) is 5.73 Å². The molecule has 10 nitrogen and oxygen atoms in total. The van der Waals surface area contributed by atoms with Gasteiger partial charge >= 0.3 is 11.4 Å². The minimum Gasteiger partial charge on any atom is -0.383 e. The summed E-state index contributed by atoms with van der Waals surface area (Å²) in [4.78, 5) is 54.3. The molecule has 2 heterocycles. The third kappa shape index (κ3) is 3.92. The quantitative estimate of drug-likeness (QED) is 0.555. The van der Waals surface area contributed by atoms with Crippen LogP contribution < -0.4 is 27.6 Å². The number of carbonyl (C=O) groups is 1. The van der Waals surface area contributed by atoms with E-state index in [-0.39, 0.29) is 30.3 Å². The van der Waals surface area contributed by atoms with Crippen LogP contribution in [0.1, 0.15) is 33.6 Å². The predicted octanol–water partition coefficient (Wildman–Crippen LogP) is 1.11. The van der Waals surface area contributed by atoms with E-state index < -0.39 is 17.2 Å². The smallest absolute Gasteiger partial charge is 0.330 e. The van der Waals surface area contributed by atoms with Crippen LogP contribution >= 0.6 is 0 Å². The van der Waals surface area contributed by atoms with E-state index in [1.54, 1.807) is 23.6 Å². The van der Waals surface area contributed by atoms with Crippen LogP contribution in [0.5, 0.6) is 0 Å². The summed E-state index contributed by atoms with van der Waals surface area (Å²) in [6.07, 6.45) is 1.53. The number of imidazole rings is 1. The molecule has 0 saturated carbocycles. The first kappa shape index (κ1) is 22.1. The first-order valence-corrected chi connectivity index (χ1v) is 10.5. The number of benzene rings is 1. The van der Waals surface area contributed by atoms with Gasteiger partial charge in [0.25, 0.3) is 5.56 Å². The monoisotopic (exact) mass is 428 g/mol. The molecule has 0 fully saturated rings. The molecule has 0 spiro atoms. The lowest BCUT2D eigenvalue weighted by atomic mass is 10.3. The molecule has 0 saturated heterocycles. The van der Waals surface area contributed by atoms with Gasteiger partial charge in [-0.25, -0.2) is 9.59 Å². The van der Waals surface area contributed by atoms with Gasteiger partial charge in [0.1, 0.15) is 12.4 Å². The first-order valence-electron chi connectivity index (χ1n) is 10.5. The Morgan fingerprint density at radius 3 is 2.26 bits per heavy atom. The number of unbranched alkanes of at least 4 members (excludes halogenated alkanes) is 1. The standard InChI is InChI=1S/C21H28N6O4/c1-4-7-12-26-18(22)17(19(29)23-20(26)30)25(6-3)16(28)13-27-15-11-9-8-10-14(15)24(5-2)21(27)31/h8-11H,4-7,12-13,22H2,1-3H3,(H,23,29,30). The fraction of sp³-hybridized carbons (Fsp3) is 0.429. The molecule has 0 aliphatic rings. The second-order valence-corrected chi connectivity index (χ2v) is 7.24. The molecule has 10 heteroatoms. The number of hydrogen-bond acceptors (Lipinski definition) is 5. The number of aryl methyl sites for hydroxylation is 1. The van der Waals surface area contributed by atoms with Crippen molar-refractivity contribution >= 4 is 28.4 Å². The van der Waals surface area contributed by atoms with Gasteiger partial charge in [0.15, 0.2) is 5.69 Å². The number of hydrogen-bond donors (Lipinski definition) is 2. The highest BCUT2D eigenvalue weighted by Gasteiger charge is 2.24. The van der Waals surface area contributed by atoms with E-state index in [0.717, 1.165) is 11.9 Å². The SMILES string of the molecule is CCCCn1c(N)c(N(CC)C(=O)Cn2c(=O)n(CC)c3ccccc32)c(=O)[nH]c1=O. The zero-order chi connectivity index (χ0) is 22.7. The molecule has 0 bridgehead atoms. The molecule has 0 aliphatic heterocycles. The second-order valence-electron chi connectivity index (χ2n) is 7.24. The number of para-hydroxylation sites is 2. The zero-order valence-corrected chi connectivity index (χ0v) is 18.1. The molecule has 0 atom stereocenters. The Morgan fingerprint density at radius 1 is 1.03 bits per heavy atom. The Hall–Kier alpha value is -3.56. The number of nitrogens with two attached hydrogens (primary N) is 1. The number of nitrogens with one attached hydrogen (secondary N) is 1. The Balaban J connectivity index is 2.06. The summed E-state index contributed by atoms with van der Waals surface area (Å²) < 4.78 is 4.25. The van der Waals surface area contributed by atoms with E-state index in [1.807, 2.05) is 26.0 Å². The van der Waals surface area contributed by atoms with Crippen LogP contribution in [0.2, 0.25) is 0 Å². The van der Waals surface area contributed by atoms with Gasteiger partial charge in [0.05, 0.1) is 11.0 Å². The molecule has 31 heavy (non-hydrogen) atoms. The number of aromatic amines is 1. The van der Waals surface area contributed by atoms with Crippen molar-refractivity contribution in [3.63, 3.8) is 0 Å². The van der Waals surface area contributed by atoms with Gasteiger partial charge in [-0.05, 0) is 32.4 Å². The van der Waals surface area contributed by atoms with Gasteiger partial charge in [-0.1, -0.05) is 25.5 Å². The van der Waals surface area contributed by atoms with Crippen molar-refractivity contribution < 1.29 is 4.79 Å². The number of rotatable bonds is 8. The molecule has 1 aromatic carbocycles. The highest BCUT2D eigenvalue weighted by atomic mass is 16.2. The van der Waals surface area contributed by atoms with Crippen molar-refractivity contribution in [3.05, 3.63) is 55.6 Å². The maximum Gasteiger partial charge on any atom is 0.330 e. The normalized spacial score (nSPS) is 11.2. The number of aromatic nitrogens is 4. The predicted molar refractivity (Wildman–Crippen MR) is 121 cm³/mol. The molecule has 0 unspecified atom stereocenters. The van der Waals surface area contributed by atoms with Crippen LogP contribution in [0, 0.1) is 0 Å². The molecule has 3 aromatic rings. The van der Waals surface area contributed by atoms with Crippen molar-refractivity contribution in [3.8, 4) is 0 Å². The summed E-state index contributed by atoms with van der Waals surface area (Å²) in [7, 11) is 0.